The number of carbonyl (C=O) groups is 1. The molecule has 24 heavy (non-hydrogen) atoms. The van der Waals surface area contributed by atoms with Crippen molar-refractivity contribution >= 4 is 17.4 Å². The highest BCUT2D eigenvalue weighted by Gasteiger charge is 2.16. The van der Waals surface area contributed by atoms with Crippen LogP contribution in [0, 0.1) is 0 Å². The van der Waals surface area contributed by atoms with Gasteiger partial charge in [0.1, 0.15) is 5.01 Å². The van der Waals surface area contributed by atoms with E-state index in [1.807, 2.05) is 40.6 Å². The summed E-state index contributed by atoms with van der Waals surface area (Å²) in [5, 5.41) is 5.92. The average molecular weight is 347 g/mol. The Labute approximate surface area is 148 Å². The molecule has 0 saturated carbocycles. The predicted octanol–water partition coefficient (Wildman–Crippen LogP) is 3.20. The number of hydrogen-bond donors (Lipinski definition) is 1. The van der Waals surface area contributed by atoms with Crippen molar-refractivity contribution in [2.24, 2.45) is 0 Å². The van der Waals surface area contributed by atoms with Crippen molar-refractivity contribution in [1.29, 1.82) is 0 Å². The maximum atomic E-state index is 12.6. The van der Waals surface area contributed by atoms with E-state index in [0.29, 0.717) is 25.7 Å². The summed E-state index contributed by atoms with van der Waals surface area (Å²) >= 11 is 1.57. The third-order valence-electron chi connectivity index (χ3n) is 4.03. The van der Waals surface area contributed by atoms with Gasteiger partial charge in [-0.3, -0.25) is 0 Å². The number of urea groups is 1. The molecule has 0 fully saturated rings. The number of nitrogens with one attached hydrogen (secondary N) is 1. The molecule has 2 aromatic rings. The minimum absolute atomic E-state index is 0.0417. The number of thiazole rings is 1. The number of rotatable bonds is 8. The molecule has 0 unspecified atom stereocenters. The first-order valence-corrected chi connectivity index (χ1v) is 9.05. The Bertz CT molecular complexity index is 601. The van der Waals surface area contributed by atoms with Gasteiger partial charge >= 0.3 is 6.03 Å². The fourth-order valence-corrected chi connectivity index (χ4v) is 2.89. The second-order valence-corrected chi connectivity index (χ2v) is 7.08. The van der Waals surface area contributed by atoms with Crippen molar-refractivity contribution < 1.29 is 4.79 Å². The molecule has 5 nitrogen and oxygen atoms in total. The summed E-state index contributed by atoms with van der Waals surface area (Å²) in [4.78, 5) is 20.9. The van der Waals surface area contributed by atoms with Gasteiger partial charge in [0.15, 0.2) is 0 Å². The normalized spacial score (nSPS) is 12.2. The van der Waals surface area contributed by atoms with E-state index >= 15 is 0 Å². The fourth-order valence-electron chi connectivity index (χ4n) is 2.26. The fraction of sp³-hybridized carbons (Fsp3) is 0.444. The molecule has 2 amide bonds. The Morgan fingerprint density at radius 3 is 2.62 bits per heavy atom. The van der Waals surface area contributed by atoms with Gasteiger partial charge in [-0.05, 0) is 33.0 Å². The number of hydrogen-bond acceptors (Lipinski definition) is 4. The molecule has 1 aromatic heterocycles. The first kappa shape index (κ1) is 18.4. The lowest BCUT2D eigenvalue weighted by Gasteiger charge is -2.24. The maximum Gasteiger partial charge on any atom is 0.318 e. The summed E-state index contributed by atoms with van der Waals surface area (Å²) in [5.74, 6) is 0. The SMILES string of the molecule is C[C@H](CCNC(=O)N(Cc1ccccc1)Cc1nccs1)N(C)C. The van der Waals surface area contributed by atoms with Gasteiger partial charge in [0.2, 0.25) is 0 Å². The van der Waals surface area contributed by atoms with E-state index < -0.39 is 0 Å². The molecule has 0 aliphatic rings. The van der Waals surface area contributed by atoms with E-state index in [4.69, 9.17) is 0 Å². The van der Waals surface area contributed by atoms with Crippen LogP contribution in [0.4, 0.5) is 4.79 Å². The van der Waals surface area contributed by atoms with Crippen molar-refractivity contribution in [1.82, 2.24) is 20.1 Å². The maximum absolute atomic E-state index is 12.6. The second-order valence-electron chi connectivity index (χ2n) is 6.10. The van der Waals surface area contributed by atoms with Gasteiger partial charge in [-0.2, -0.15) is 0 Å². The number of amides is 2. The van der Waals surface area contributed by atoms with Gasteiger partial charge in [-0.15, -0.1) is 11.3 Å². The molecule has 130 valence electrons. The lowest BCUT2D eigenvalue weighted by molar-refractivity contribution is 0.190. The zero-order valence-electron chi connectivity index (χ0n) is 14.6. The van der Waals surface area contributed by atoms with E-state index in [2.05, 4.69) is 36.2 Å². The molecule has 6 heteroatoms. The molecule has 0 spiro atoms. The molecule has 0 bridgehead atoms. The highest BCUT2D eigenvalue weighted by Crippen LogP contribution is 2.12. The smallest absolute Gasteiger partial charge is 0.318 e. The number of nitrogens with zero attached hydrogens (tertiary/aromatic N) is 3. The van der Waals surface area contributed by atoms with Crippen LogP contribution in [0.15, 0.2) is 41.9 Å². The van der Waals surface area contributed by atoms with E-state index in [-0.39, 0.29) is 6.03 Å². The van der Waals surface area contributed by atoms with Gasteiger partial charge in [0.25, 0.3) is 0 Å². The summed E-state index contributed by atoms with van der Waals surface area (Å²) in [5.41, 5.74) is 1.12. The summed E-state index contributed by atoms with van der Waals surface area (Å²) in [6, 6.07) is 10.4. The highest BCUT2D eigenvalue weighted by atomic mass is 32.1. The van der Waals surface area contributed by atoms with Crippen LogP contribution in [-0.4, -0.2) is 47.5 Å². The molecule has 2 rings (SSSR count). The van der Waals surface area contributed by atoms with E-state index in [1.165, 1.54) is 0 Å². The minimum Gasteiger partial charge on any atom is -0.338 e. The van der Waals surface area contributed by atoms with Gasteiger partial charge in [0.05, 0.1) is 6.54 Å². The Hall–Kier alpha value is -1.92. The van der Waals surface area contributed by atoms with Gasteiger partial charge in [-0.1, -0.05) is 30.3 Å². The van der Waals surface area contributed by atoms with Crippen LogP contribution in [0.3, 0.4) is 0 Å². The minimum atomic E-state index is -0.0417. The number of carbonyl (C=O) groups excluding carboxylic acids is 1. The average Bonchev–Trinajstić information content (AvgIpc) is 3.08. The third kappa shape index (κ3) is 5.94. The van der Waals surface area contributed by atoms with E-state index in [1.54, 1.807) is 17.5 Å². The molecule has 0 saturated heterocycles. The number of aromatic nitrogens is 1. The predicted molar refractivity (Wildman–Crippen MR) is 99.0 cm³/mol. The first-order chi connectivity index (χ1) is 11.6. The Kier molecular flexibility index (Phi) is 7.21. The molecular formula is C18H26N4OS. The first-order valence-electron chi connectivity index (χ1n) is 8.17. The summed E-state index contributed by atoms with van der Waals surface area (Å²) < 4.78 is 0. The van der Waals surface area contributed by atoms with Crippen molar-refractivity contribution in [3.63, 3.8) is 0 Å². The van der Waals surface area contributed by atoms with Crippen molar-refractivity contribution in [3.8, 4) is 0 Å². The van der Waals surface area contributed by atoms with Crippen LogP contribution in [0.1, 0.15) is 23.9 Å². The quantitative estimate of drug-likeness (QED) is 0.798. The van der Waals surface area contributed by atoms with Gasteiger partial charge in [-0.25, -0.2) is 9.78 Å². The Balaban J connectivity index is 1.95. The van der Waals surface area contributed by atoms with Crippen LogP contribution in [0.2, 0.25) is 0 Å². The second kappa shape index (κ2) is 9.39. The van der Waals surface area contributed by atoms with Crippen LogP contribution >= 0.6 is 11.3 Å². The zero-order chi connectivity index (χ0) is 17.4. The molecule has 0 aliphatic carbocycles. The van der Waals surface area contributed by atoms with E-state index in [0.717, 1.165) is 17.0 Å². The van der Waals surface area contributed by atoms with Gasteiger partial charge in [0, 0.05) is 30.7 Å². The largest absolute Gasteiger partial charge is 0.338 e. The number of benzene rings is 1. The third-order valence-corrected chi connectivity index (χ3v) is 4.80. The van der Waals surface area contributed by atoms with Crippen LogP contribution in [0.5, 0.6) is 0 Å². The topological polar surface area (TPSA) is 48.5 Å². The Morgan fingerprint density at radius 1 is 1.25 bits per heavy atom. The monoisotopic (exact) mass is 346 g/mol. The van der Waals surface area contributed by atoms with Gasteiger partial charge < -0.3 is 15.1 Å². The Morgan fingerprint density at radius 2 is 2.00 bits per heavy atom. The van der Waals surface area contributed by atoms with Crippen LogP contribution in [-0.2, 0) is 13.1 Å². The van der Waals surface area contributed by atoms with Crippen molar-refractivity contribution in [3.05, 3.63) is 52.5 Å². The summed E-state index contributed by atoms with van der Waals surface area (Å²) in [6.45, 7) is 3.93. The highest BCUT2D eigenvalue weighted by molar-refractivity contribution is 7.09. The van der Waals surface area contributed by atoms with Crippen LogP contribution < -0.4 is 5.32 Å². The van der Waals surface area contributed by atoms with Crippen LogP contribution in [0.25, 0.3) is 0 Å². The van der Waals surface area contributed by atoms with Crippen molar-refractivity contribution in [2.75, 3.05) is 20.6 Å². The molecular weight excluding hydrogens is 320 g/mol. The lowest BCUT2D eigenvalue weighted by atomic mass is 10.2. The summed E-state index contributed by atoms with van der Waals surface area (Å²) in [6.07, 6.45) is 2.70. The molecule has 1 aromatic carbocycles. The standard InChI is InChI=1S/C18H26N4OS/c1-15(21(2)3)9-10-20-18(23)22(14-17-19-11-12-24-17)13-16-7-5-4-6-8-16/h4-8,11-12,15H,9-10,13-14H2,1-3H3,(H,20,23)/t15-/m1/s1. The molecule has 0 radical (unpaired) electrons. The van der Waals surface area contributed by atoms with Crippen molar-refractivity contribution in [2.45, 2.75) is 32.5 Å². The van der Waals surface area contributed by atoms with E-state index in [9.17, 15) is 4.79 Å². The molecule has 0 aliphatic heterocycles. The lowest BCUT2D eigenvalue weighted by Crippen LogP contribution is -2.40. The zero-order valence-corrected chi connectivity index (χ0v) is 15.4. The summed E-state index contributed by atoms with van der Waals surface area (Å²) in [7, 11) is 4.10. The molecule has 1 heterocycles. The molecule has 1 N–H and O–H groups in total. The molecule has 1 atom stereocenters.